The van der Waals surface area contributed by atoms with Crippen molar-refractivity contribution >= 4 is 17.6 Å². The van der Waals surface area contributed by atoms with E-state index in [2.05, 4.69) is 5.32 Å². The number of ether oxygens (including phenoxy) is 1. The van der Waals surface area contributed by atoms with Gasteiger partial charge >= 0.3 is 6.03 Å². The van der Waals surface area contributed by atoms with E-state index >= 15 is 0 Å². The second kappa shape index (κ2) is 4.79. The Balaban J connectivity index is 1.78. The highest BCUT2D eigenvalue weighted by Crippen LogP contribution is 2.29. The summed E-state index contributed by atoms with van der Waals surface area (Å²) >= 11 is 0. The van der Waals surface area contributed by atoms with Gasteiger partial charge in [-0.2, -0.15) is 0 Å². The van der Waals surface area contributed by atoms with Gasteiger partial charge in [-0.15, -0.1) is 0 Å². The molecule has 2 aliphatic heterocycles. The van der Waals surface area contributed by atoms with E-state index in [4.69, 9.17) is 10.5 Å². The van der Waals surface area contributed by atoms with Gasteiger partial charge in [0.15, 0.2) is 0 Å². The molecule has 0 saturated carbocycles. The molecular formula is C14H17N3O3. The molecule has 3 amide bonds. The normalized spacial score (nSPS) is 21.3. The molecule has 2 fully saturated rings. The molecule has 6 nitrogen and oxygen atoms in total. The second-order valence-corrected chi connectivity index (χ2v) is 5.26. The van der Waals surface area contributed by atoms with Crippen LogP contribution in [0.5, 0.6) is 0 Å². The lowest BCUT2D eigenvalue weighted by atomic mass is 9.90. The number of amides is 3. The SMILES string of the molecule is Nc1ccc(CN2C(=O)NC3(CCOCC3)C2=O)cc1. The first kappa shape index (κ1) is 12.9. The number of nitrogens with zero attached hydrogens (tertiary/aromatic N) is 1. The van der Waals surface area contributed by atoms with Gasteiger partial charge in [0.1, 0.15) is 5.54 Å². The van der Waals surface area contributed by atoms with Crippen molar-refractivity contribution < 1.29 is 14.3 Å². The quantitative estimate of drug-likeness (QED) is 0.619. The Morgan fingerprint density at radius 1 is 1.20 bits per heavy atom. The first-order valence-electron chi connectivity index (χ1n) is 6.67. The highest BCUT2D eigenvalue weighted by Gasteiger charge is 2.51. The molecule has 1 spiro atoms. The smallest absolute Gasteiger partial charge is 0.325 e. The Morgan fingerprint density at radius 2 is 1.85 bits per heavy atom. The van der Waals surface area contributed by atoms with Crippen molar-refractivity contribution in [1.82, 2.24) is 10.2 Å². The van der Waals surface area contributed by atoms with Crippen LogP contribution in [0.3, 0.4) is 0 Å². The summed E-state index contributed by atoms with van der Waals surface area (Å²) in [6.45, 7) is 1.27. The third kappa shape index (κ3) is 2.12. The number of benzene rings is 1. The Bertz CT molecular complexity index is 535. The van der Waals surface area contributed by atoms with Crippen molar-refractivity contribution in [3.63, 3.8) is 0 Å². The molecule has 3 N–H and O–H groups in total. The lowest BCUT2D eigenvalue weighted by molar-refractivity contribution is -0.134. The number of nitrogens with one attached hydrogen (secondary N) is 1. The molecule has 2 heterocycles. The van der Waals surface area contributed by atoms with Crippen molar-refractivity contribution in [1.29, 1.82) is 0 Å². The number of nitrogens with two attached hydrogens (primary N) is 1. The number of carbonyl (C=O) groups excluding carboxylic acids is 2. The van der Waals surface area contributed by atoms with E-state index < -0.39 is 5.54 Å². The maximum absolute atomic E-state index is 12.5. The van der Waals surface area contributed by atoms with Gasteiger partial charge in [0.05, 0.1) is 6.54 Å². The van der Waals surface area contributed by atoms with Gasteiger partial charge in [-0.1, -0.05) is 12.1 Å². The topological polar surface area (TPSA) is 84.7 Å². The average Bonchev–Trinajstić information content (AvgIpc) is 2.67. The Hall–Kier alpha value is -2.08. The minimum Gasteiger partial charge on any atom is -0.399 e. The minimum absolute atomic E-state index is 0.150. The molecule has 2 saturated heterocycles. The van der Waals surface area contributed by atoms with Crippen molar-refractivity contribution in [2.75, 3.05) is 18.9 Å². The first-order valence-corrected chi connectivity index (χ1v) is 6.67. The molecule has 1 aromatic carbocycles. The van der Waals surface area contributed by atoms with Crippen LogP contribution >= 0.6 is 0 Å². The maximum atomic E-state index is 12.5. The van der Waals surface area contributed by atoms with Crippen LogP contribution in [0.2, 0.25) is 0 Å². The Kier molecular flexibility index (Phi) is 3.10. The molecule has 0 bridgehead atoms. The zero-order chi connectivity index (χ0) is 14.2. The molecule has 0 aromatic heterocycles. The van der Waals surface area contributed by atoms with Crippen LogP contribution in [0.1, 0.15) is 18.4 Å². The average molecular weight is 275 g/mol. The van der Waals surface area contributed by atoms with Gasteiger partial charge in [-0.25, -0.2) is 4.79 Å². The predicted octanol–water partition coefficient (Wildman–Crippen LogP) is 0.870. The number of carbonyl (C=O) groups is 2. The molecule has 0 atom stereocenters. The van der Waals surface area contributed by atoms with Gasteiger partial charge in [-0.05, 0) is 17.7 Å². The van der Waals surface area contributed by atoms with Crippen LogP contribution in [0, 0.1) is 0 Å². The van der Waals surface area contributed by atoms with E-state index in [1.165, 1.54) is 4.90 Å². The number of hydrogen-bond acceptors (Lipinski definition) is 4. The zero-order valence-electron chi connectivity index (χ0n) is 11.1. The Morgan fingerprint density at radius 3 is 2.50 bits per heavy atom. The lowest BCUT2D eigenvalue weighted by Gasteiger charge is -2.30. The van der Waals surface area contributed by atoms with Crippen molar-refractivity contribution in [2.45, 2.75) is 24.9 Å². The van der Waals surface area contributed by atoms with E-state index in [0.29, 0.717) is 31.7 Å². The third-order valence-electron chi connectivity index (χ3n) is 3.91. The Labute approximate surface area is 116 Å². The fraction of sp³-hybridized carbons (Fsp3) is 0.429. The number of anilines is 1. The summed E-state index contributed by atoms with van der Waals surface area (Å²) in [4.78, 5) is 25.9. The standard InChI is InChI=1S/C14H17N3O3/c15-11-3-1-10(2-4-11)9-17-12(18)14(16-13(17)19)5-7-20-8-6-14/h1-4H,5-9,15H2,(H,16,19). The molecule has 0 radical (unpaired) electrons. The fourth-order valence-corrected chi connectivity index (χ4v) is 2.68. The van der Waals surface area contributed by atoms with Crippen molar-refractivity contribution in [2.24, 2.45) is 0 Å². The van der Waals surface area contributed by atoms with E-state index in [-0.39, 0.29) is 18.5 Å². The van der Waals surface area contributed by atoms with Crippen molar-refractivity contribution in [3.05, 3.63) is 29.8 Å². The highest BCUT2D eigenvalue weighted by molar-refractivity contribution is 6.07. The molecule has 0 aliphatic carbocycles. The number of rotatable bonds is 2. The predicted molar refractivity (Wildman–Crippen MR) is 72.7 cm³/mol. The molecule has 106 valence electrons. The highest BCUT2D eigenvalue weighted by atomic mass is 16.5. The third-order valence-corrected chi connectivity index (χ3v) is 3.91. The van der Waals surface area contributed by atoms with Crippen LogP contribution in [-0.2, 0) is 16.1 Å². The second-order valence-electron chi connectivity index (χ2n) is 5.26. The minimum atomic E-state index is -0.761. The summed E-state index contributed by atoms with van der Waals surface area (Å²) in [6, 6.07) is 6.85. The van der Waals surface area contributed by atoms with Crippen LogP contribution in [0.4, 0.5) is 10.5 Å². The molecule has 3 rings (SSSR count). The van der Waals surface area contributed by atoms with E-state index in [1.807, 2.05) is 12.1 Å². The first-order chi connectivity index (χ1) is 9.61. The molecule has 20 heavy (non-hydrogen) atoms. The summed E-state index contributed by atoms with van der Waals surface area (Å²) in [6.07, 6.45) is 1.08. The largest absolute Gasteiger partial charge is 0.399 e. The van der Waals surface area contributed by atoms with E-state index in [9.17, 15) is 9.59 Å². The van der Waals surface area contributed by atoms with Gasteiger partial charge in [0.25, 0.3) is 5.91 Å². The summed E-state index contributed by atoms with van der Waals surface area (Å²) in [5.74, 6) is -0.150. The summed E-state index contributed by atoms with van der Waals surface area (Å²) in [5.41, 5.74) is 6.41. The van der Waals surface area contributed by atoms with Crippen LogP contribution in [-0.4, -0.2) is 35.6 Å². The fourth-order valence-electron chi connectivity index (χ4n) is 2.68. The summed E-state index contributed by atoms with van der Waals surface area (Å²) < 4.78 is 5.27. The van der Waals surface area contributed by atoms with Gasteiger partial charge in [-0.3, -0.25) is 9.69 Å². The molecule has 1 aromatic rings. The molecule has 6 heteroatoms. The lowest BCUT2D eigenvalue weighted by Crippen LogP contribution is -2.51. The van der Waals surface area contributed by atoms with Gasteiger partial charge < -0.3 is 15.8 Å². The van der Waals surface area contributed by atoms with Crippen LogP contribution in [0.15, 0.2) is 24.3 Å². The van der Waals surface area contributed by atoms with E-state index in [1.54, 1.807) is 12.1 Å². The summed E-state index contributed by atoms with van der Waals surface area (Å²) in [5, 5.41) is 2.83. The number of imide groups is 1. The molecule has 2 aliphatic rings. The van der Waals surface area contributed by atoms with Crippen LogP contribution in [0.25, 0.3) is 0 Å². The number of nitrogen functional groups attached to an aromatic ring is 1. The van der Waals surface area contributed by atoms with Gasteiger partial charge in [0, 0.05) is 31.7 Å². The molecular weight excluding hydrogens is 258 g/mol. The monoisotopic (exact) mass is 275 g/mol. The van der Waals surface area contributed by atoms with Crippen molar-refractivity contribution in [3.8, 4) is 0 Å². The number of hydrogen-bond donors (Lipinski definition) is 2. The maximum Gasteiger partial charge on any atom is 0.325 e. The number of urea groups is 1. The van der Waals surface area contributed by atoms with E-state index in [0.717, 1.165) is 5.56 Å². The summed E-state index contributed by atoms with van der Waals surface area (Å²) in [7, 11) is 0. The van der Waals surface area contributed by atoms with Crippen LogP contribution < -0.4 is 11.1 Å². The molecule has 0 unspecified atom stereocenters. The van der Waals surface area contributed by atoms with Gasteiger partial charge in [0.2, 0.25) is 0 Å². The zero-order valence-corrected chi connectivity index (χ0v) is 11.1.